The fraction of sp³-hybridized carbons (Fsp3) is 0.647. The minimum atomic E-state index is 0.696. The molecule has 1 aromatic carbocycles. The van der Waals surface area contributed by atoms with Crippen molar-refractivity contribution in [3.63, 3.8) is 0 Å². The van der Waals surface area contributed by atoms with Gasteiger partial charge in [0, 0.05) is 41.6 Å². The summed E-state index contributed by atoms with van der Waals surface area (Å²) >= 11 is 3.65. The summed E-state index contributed by atoms with van der Waals surface area (Å²) in [5, 5.41) is 3.70. The molecule has 1 atom stereocenters. The van der Waals surface area contributed by atoms with Gasteiger partial charge in [0.1, 0.15) is 5.75 Å². The van der Waals surface area contributed by atoms with Crippen LogP contribution in [0.3, 0.4) is 0 Å². The van der Waals surface area contributed by atoms with E-state index in [0.717, 1.165) is 37.9 Å². The van der Waals surface area contributed by atoms with Gasteiger partial charge in [-0.2, -0.15) is 0 Å². The highest BCUT2D eigenvalue weighted by atomic mass is 79.9. The fourth-order valence-electron chi connectivity index (χ4n) is 3.61. The summed E-state index contributed by atoms with van der Waals surface area (Å²) < 4.78 is 7.06. The number of ether oxygens (including phenoxy) is 1. The highest BCUT2D eigenvalue weighted by Gasteiger charge is 2.29. The average Bonchev–Trinajstić information content (AvgIpc) is 2.99. The minimum absolute atomic E-state index is 0.696. The molecule has 0 amide bonds. The Balaban J connectivity index is 1.47. The van der Waals surface area contributed by atoms with Crippen molar-refractivity contribution in [2.24, 2.45) is 0 Å². The molecule has 2 fully saturated rings. The van der Waals surface area contributed by atoms with Gasteiger partial charge in [-0.1, -0.05) is 15.9 Å². The summed E-state index contributed by atoms with van der Waals surface area (Å²) in [4.78, 5) is 2.64. The Kier molecular flexibility index (Phi) is 3.94. The van der Waals surface area contributed by atoms with E-state index in [1.807, 2.05) is 0 Å². The van der Waals surface area contributed by atoms with Gasteiger partial charge in [-0.05, 0) is 49.9 Å². The van der Waals surface area contributed by atoms with Crippen LogP contribution < -0.4 is 10.1 Å². The highest BCUT2D eigenvalue weighted by molar-refractivity contribution is 9.10. The molecule has 1 aromatic rings. The van der Waals surface area contributed by atoms with Gasteiger partial charge in [0.15, 0.2) is 0 Å². The largest absolute Gasteiger partial charge is 0.493 e. The average molecular weight is 351 g/mol. The standard InChI is InChI=1S/C17H23BrN2O/c18-14-8-12-5-7-21-17(12)13(9-14)11-20-6-1-2-16(20)10-19-15-3-4-15/h8-9,15-16,19H,1-7,10-11H2. The number of benzene rings is 1. The predicted octanol–water partition coefficient (Wildman–Crippen LogP) is 3.10. The molecule has 2 aliphatic heterocycles. The van der Waals surface area contributed by atoms with E-state index in [1.165, 1.54) is 47.8 Å². The van der Waals surface area contributed by atoms with Crippen LogP contribution in [-0.2, 0) is 13.0 Å². The third-order valence-electron chi connectivity index (χ3n) is 4.92. The van der Waals surface area contributed by atoms with Crippen molar-refractivity contribution >= 4 is 15.9 Å². The van der Waals surface area contributed by atoms with E-state index in [-0.39, 0.29) is 0 Å². The van der Waals surface area contributed by atoms with Gasteiger partial charge in [0.25, 0.3) is 0 Å². The first kappa shape index (κ1) is 14.0. The molecule has 3 nitrogen and oxygen atoms in total. The zero-order valence-corrected chi connectivity index (χ0v) is 14.0. The van der Waals surface area contributed by atoms with Crippen LogP contribution in [0.1, 0.15) is 36.8 Å². The quantitative estimate of drug-likeness (QED) is 0.882. The predicted molar refractivity (Wildman–Crippen MR) is 87.8 cm³/mol. The van der Waals surface area contributed by atoms with Crippen LogP contribution in [0.15, 0.2) is 16.6 Å². The van der Waals surface area contributed by atoms with Crippen molar-refractivity contribution in [1.82, 2.24) is 10.2 Å². The maximum absolute atomic E-state index is 5.88. The number of likely N-dealkylation sites (tertiary alicyclic amines) is 1. The molecule has 1 N–H and O–H groups in total. The van der Waals surface area contributed by atoms with E-state index in [0.29, 0.717) is 6.04 Å². The second kappa shape index (κ2) is 5.90. The molecule has 4 heteroatoms. The van der Waals surface area contributed by atoms with Gasteiger partial charge in [-0.25, -0.2) is 0 Å². The molecule has 1 aliphatic carbocycles. The van der Waals surface area contributed by atoms with Crippen molar-refractivity contribution in [1.29, 1.82) is 0 Å². The molecule has 1 unspecified atom stereocenters. The Morgan fingerprint density at radius 1 is 1.29 bits per heavy atom. The SMILES string of the molecule is Brc1cc2c(c(CN3CCCC3CNC3CC3)c1)OCC2. The number of fused-ring (bicyclic) bond motifs is 1. The molecule has 0 aromatic heterocycles. The van der Waals surface area contributed by atoms with E-state index >= 15 is 0 Å². The van der Waals surface area contributed by atoms with Crippen molar-refractivity contribution in [2.45, 2.75) is 50.7 Å². The van der Waals surface area contributed by atoms with Crippen LogP contribution in [0.2, 0.25) is 0 Å². The summed E-state index contributed by atoms with van der Waals surface area (Å²) in [7, 11) is 0. The summed E-state index contributed by atoms with van der Waals surface area (Å²) in [5.41, 5.74) is 2.72. The lowest BCUT2D eigenvalue weighted by atomic mass is 10.1. The zero-order valence-electron chi connectivity index (χ0n) is 12.4. The van der Waals surface area contributed by atoms with E-state index < -0.39 is 0 Å². The van der Waals surface area contributed by atoms with Gasteiger partial charge >= 0.3 is 0 Å². The Labute approximate surface area is 135 Å². The molecule has 0 radical (unpaired) electrons. The van der Waals surface area contributed by atoms with Gasteiger partial charge in [-0.3, -0.25) is 4.90 Å². The van der Waals surface area contributed by atoms with E-state index in [4.69, 9.17) is 4.74 Å². The monoisotopic (exact) mass is 350 g/mol. The van der Waals surface area contributed by atoms with E-state index in [1.54, 1.807) is 0 Å². The minimum Gasteiger partial charge on any atom is -0.493 e. The van der Waals surface area contributed by atoms with Crippen LogP contribution in [0.4, 0.5) is 0 Å². The molecule has 4 rings (SSSR count). The van der Waals surface area contributed by atoms with Crippen LogP contribution in [0, 0.1) is 0 Å². The van der Waals surface area contributed by atoms with Crippen molar-refractivity contribution in [2.75, 3.05) is 19.7 Å². The molecule has 114 valence electrons. The third-order valence-corrected chi connectivity index (χ3v) is 5.38. The second-order valence-electron chi connectivity index (χ2n) is 6.60. The summed E-state index contributed by atoms with van der Waals surface area (Å²) in [5.74, 6) is 1.15. The molecule has 21 heavy (non-hydrogen) atoms. The molecule has 0 spiro atoms. The van der Waals surface area contributed by atoms with E-state index in [2.05, 4.69) is 38.3 Å². The maximum Gasteiger partial charge on any atom is 0.127 e. The third kappa shape index (κ3) is 3.13. The summed E-state index contributed by atoms with van der Waals surface area (Å²) in [6.45, 7) is 4.24. The molecular formula is C17H23BrN2O. The molecule has 1 saturated heterocycles. The lowest BCUT2D eigenvalue weighted by Crippen LogP contribution is -2.38. The maximum atomic E-state index is 5.88. The molecule has 0 bridgehead atoms. The topological polar surface area (TPSA) is 24.5 Å². The first-order valence-electron chi connectivity index (χ1n) is 8.21. The lowest BCUT2D eigenvalue weighted by Gasteiger charge is -2.25. The van der Waals surface area contributed by atoms with E-state index in [9.17, 15) is 0 Å². The Bertz CT molecular complexity index is 530. The number of nitrogens with one attached hydrogen (secondary N) is 1. The van der Waals surface area contributed by atoms with Crippen molar-refractivity contribution < 1.29 is 4.74 Å². The highest BCUT2D eigenvalue weighted by Crippen LogP contribution is 2.35. The van der Waals surface area contributed by atoms with Crippen LogP contribution in [0.25, 0.3) is 0 Å². The Hall–Kier alpha value is -0.580. The molecule has 1 saturated carbocycles. The smallest absolute Gasteiger partial charge is 0.127 e. The van der Waals surface area contributed by atoms with Crippen molar-refractivity contribution in [3.05, 3.63) is 27.7 Å². The zero-order chi connectivity index (χ0) is 14.2. The second-order valence-corrected chi connectivity index (χ2v) is 7.52. The van der Waals surface area contributed by atoms with Crippen LogP contribution in [-0.4, -0.2) is 36.7 Å². The number of rotatable bonds is 5. The first-order chi connectivity index (χ1) is 10.3. The summed E-state index contributed by atoms with van der Waals surface area (Å²) in [6.07, 6.45) is 6.46. The van der Waals surface area contributed by atoms with Crippen LogP contribution >= 0.6 is 15.9 Å². The first-order valence-corrected chi connectivity index (χ1v) is 9.00. The normalized spacial score (nSPS) is 25.1. The molecule has 2 heterocycles. The molecular weight excluding hydrogens is 328 g/mol. The number of halogens is 1. The number of hydrogen-bond donors (Lipinski definition) is 1. The molecule has 3 aliphatic rings. The lowest BCUT2D eigenvalue weighted by molar-refractivity contribution is 0.234. The Morgan fingerprint density at radius 3 is 3.05 bits per heavy atom. The summed E-state index contributed by atoms with van der Waals surface area (Å²) in [6, 6.07) is 5.96. The van der Waals surface area contributed by atoms with Gasteiger partial charge in [-0.15, -0.1) is 0 Å². The Morgan fingerprint density at radius 2 is 2.19 bits per heavy atom. The fourth-order valence-corrected chi connectivity index (χ4v) is 4.16. The number of hydrogen-bond acceptors (Lipinski definition) is 3. The van der Waals surface area contributed by atoms with Gasteiger partial charge in [0.05, 0.1) is 6.61 Å². The van der Waals surface area contributed by atoms with Crippen LogP contribution in [0.5, 0.6) is 5.75 Å². The van der Waals surface area contributed by atoms with Gasteiger partial charge < -0.3 is 10.1 Å². The van der Waals surface area contributed by atoms with Gasteiger partial charge in [0.2, 0.25) is 0 Å². The number of nitrogens with zero attached hydrogens (tertiary/aromatic N) is 1. The van der Waals surface area contributed by atoms with Crippen molar-refractivity contribution in [3.8, 4) is 5.75 Å².